The van der Waals surface area contributed by atoms with E-state index in [-0.39, 0.29) is 22.7 Å². The summed E-state index contributed by atoms with van der Waals surface area (Å²) in [5, 5.41) is 29.5. The Morgan fingerprint density at radius 3 is 2.40 bits per heavy atom. The molecule has 3 N–H and O–H groups in total. The van der Waals surface area contributed by atoms with Gasteiger partial charge in [0.15, 0.2) is 5.69 Å². The topological polar surface area (TPSA) is 120 Å². The zero-order valence-corrected chi connectivity index (χ0v) is 13.2. The Morgan fingerprint density at radius 2 is 1.72 bits per heavy atom. The zero-order chi connectivity index (χ0) is 18.0. The number of hydrogen-bond acceptors (Lipinski definition) is 5. The summed E-state index contributed by atoms with van der Waals surface area (Å²) < 4.78 is 1.31. The molecule has 3 rings (SSSR count). The number of aromatic carboxylic acids is 1. The van der Waals surface area contributed by atoms with E-state index < -0.39 is 11.5 Å². The lowest BCUT2D eigenvalue weighted by Crippen LogP contribution is -2.13. The molecule has 126 valence electrons. The van der Waals surface area contributed by atoms with Gasteiger partial charge in [0.2, 0.25) is 0 Å². The average molecular weight is 338 g/mol. The van der Waals surface area contributed by atoms with E-state index in [9.17, 15) is 14.7 Å². The summed E-state index contributed by atoms with van der Waals surface area (Å²) in [6.45, 7) is 1.65. The van der Waals surface area contributed by atoms with Crippen LogP contribution in [-0.2, 0) is 0 Å². The number of carboxylic acids is 1. The smallest absolute Gasteiger partial charge is 0.338 e. The summed E-state index contributed by atoms with van der Waals surface area (Å²) in [6.07, 6.45) is 0. The molecule has 0 bridgehead atoms. The minimum atomic E-state index is -1.25. The molecule has 0 atom stereocenters. The van der Waals surface area contributed by atoms with E-state index >= 15 is 0 Å². The highest BCUT2D eigenvalue weighted by Gasteiger charge is 2.15. The van der Waals surface area contributed by atoms with E-state index in [1.807, 2.05) is 6.07 Å². The Hall–Kier alpha value is -3.68. The molecule has 0 aliphatic heterocycles. The van der Waals surface area contributed by atoms with Crippen molar-refractivity contribution in [2.45, 2.75) is 6.92 Å². The molecule has 8 nitrogen and oxygen atoms in total. The maximum atomic E-state index is 12.5. The summed E-state index contributed by atoms with van der Waals surface area (Å²) in [5.74, 6) is -1.59. The number of phenols is 1. The van der Waals surface area contributed by atoms with Crippen molar-refractivity contribution < 1.29 is 15.0 Å². The second-order valence-electron chi connectivity index (χ2n) is 5.24. The average Bonchev–Trinajstić information content (AvgIpc) is 2.88. The van der Waals surface area contributed by atoms with Crippen LogP contribution in [0, 0.1) is 6.92 Å². The molecule has 0 aliphatic carbocycles. The van der Waals surface area contributed by atoms with Gasteiger partial charge >= 0.3 is 5.97 Å². The molecule has 0 fully saturated rings. The number of hydrogen-bond donors (Lipinski definition) is 3. The summed E-state index contributed by atoms with van der Waals surface area (Å²) in [5.41, 5.74) is 0.278. The molecule has 0 aliphatic rings. The second-order valence-corrected chi connectivity index (χ2v) is 5.24. The van der Waals surface area contributed by atoms with Crippen molar-refractivity contribution in [3.8, 4) is 11.4 Å². The van der Waals surface area contributed by atoms with Crippen molar-refractivity contribution in [2.75, 3.05) is 0 Å². The van der Waals surface area contributed by atoms with Gasteiger partial charge < -0.3 is 10.2 Å². The fourth-order valence-corrected chi connectivity index (χ4v) is 2.32. The number of carboxylic acid groups (broad SMARTS) is 1. The number of azo groups is 1. The molecule has 0 spiro atoms. The van der Waals surface area contributed by atoms with Gasteiger partial charge in [0.1, 0.15) is 11.4 Å². The van der Waals surface area contributed by atoms with Gasteiger partial charge in [-0.05, 0) is 31.2 Å². The number of para-hydroxylation sites is 1. The van der Waals surface area contributed by atoms with E-state index in [1.165, 1.54) is 22.9 Å². The van der Waals surface area contributed by atoms with Gasteiger partial charge in [0.05, 0.1) is 16.9 Å². The highest BCUT2D eigenvalue weighted by atomic mass is 16.4. The first-order valence-electron chi connectivity index (χ1n) is 7.33. The van der Waals surface area contributed by atoms with Gasteiger partial charge in [0.25, 0.3) is 5.56 Å². The number of aromatic nitrogens is 2. The zero-order valence-electron chi connectivity index (χ0n) is 13.2. The normalized spacial score (nSPS) is 11.1. The van der Waals surface area contributed by atoms with Crippen LogP contribution < -0.4 is 5.56 Å². The first-order valence-corrected chi connectivity index (χ1v) is 7.33. The van der Waals surface area contributed by atoms with Crippen molar-refractivity contribution in [1.82, 2.24) is 9.78 Å². The van der Waals surface area contributed by atoms with Crippen LogP contribution in [-0.4, -0.2) is 26.0 Å². The van der Waals surface area contributed by atoms with E-state index in [1.54, 1.807) is 31.2 Å². The number of H-pyrrole nitrogens is 1. The summed E-state index contributed by atoms with van der Waals surface area (Å²) >= 11 is 0. The summed E-state index contributed by atoms with van der Waals surface area (Å²) in [4.78, 5) is 23.7. The van der Waals surface area contributed by atoms with E-state index in [0.29, 0.717) is 11.4 Å². The molecular formula is C17H14N4O4. The highest BCUT2D eigenvalue weighted by Crippen LogP contribution is 2.31. The molecule has 1 heterocycles. The lowest BCUT2D eigenvalue weighted by atomic mass is 10.1. The van der Waals surface area contributed by atoms with E-state index in [2.05, 4.69) is 15.3 Å². The van der Waals surface area contributed by atoms with Gasteiger partial charge in [-0.25, -0.2) is 9.48 Å². The third-order valence-corrected chi connectivity index (χ3v) is 3.55. The monoisotopic (exact) mass is 338 g/mol. The van der Waals surface area contributed by atoms with Crippen LogP contribution in [0.1, 0.15) is 16.1 Å². The van der Waals surface area contributed by atoms with Gasteiger partial charge in [-0.1, -0.05) is 24.3 Å². The minimum absolute atomic E-state index is 0.0310. The molecule has 8 heteroatoms. The number of rotatable bonds is 4. The molecule has 0 unspecified atom stereocenters. The third kappa shape index (κ3) is 3.05. The Kier molecular flexibility index (Phi) is 4.17. The Morgan fingerprint density at radius 1 is 1.04 bits per heavy atom. The molecule has 0 amide bonds. The number of aryl methyl sites for hydroxylation is 1. The molecule has 25 heavy (non-hydrogen) atoms. The first-order chi connectivity index (χ1) is 12.0. The number of nitrogens with zero attached hydrogens (tertiary/aromatic N) is 3. The van der Waals surface area contributed by atoms with Crippen LogP contribution in [0.3, 0.4) is 0 Å². The largest absolute Gasteiger partial charge is 0.506 e. The number of nitrogens with one attached hydrogen (secondary N) is 1. The van der Waals surface area contributed by atoms with Crippen LogP contribution >= 0.6 is 0 Å². The quantitative estimate of drug-likeness (QED) is 0.632. The van der Waals surface area contributed by atoms with Gasteiger partial charge in [0, 0.05) is 0 Å². The Bertz CT molecular complexity index is 1020. The van der Waals surface area contributed by atoms with Crippen LogP contribution in [0.2, 0.25) is 0 Å². The number of aromatic hydroxyl groups is 1. The van der Waals surface area contributed by atoms with Gasteiger partial charge in [-0.2, -0.15) is 0 Å². The van der Waals surface area contributed by atoms with Gasteiger partial charge in [-0.3, -0.25) is 9.89 Å². The summed E-state index contributed by atoms with van der Waals surface area (Å²) in [7, 11) is 0. The molecule has 3 aromatic rings. The van der Waals surface area contributed by atoms with Crippen molar-refractivity contribution in [2.24, 2.45) is 10.2 Å². The standard InChI is InChI=1S/C17H14N4O4/c1-10-14(16(23)21(20-10)11-6-3-2-4-7-11)18-19-15-12(17(24)25)8-5-9-13(15)22/h2-9,20,22H,1H3,(H,24,25). The number of benzene rings is 2. The molecule has 0 saturated carbocycles. The number of carbonyl (C=O) groups is 1. The van der Waals surface area contributed by atoms with Gasteiger partial charge in [-0.15, -0.1) is 10.2 Å². The predicted molar refractivity (Wildman–Crippen MR) is 90.4 cm³/mol. The second kappa shape index (κ2) is 6.44. The molecule has 1 aromatic heterocycles. The predicted octanol–water partition coefficient (Wildman–Crippen LogP) is 3.29. The molecule has 0 saturated heterocycles. The molecule has 0 radical (unpaired) electrons. The Labute approximate surface area is 141 Å². The molecular weight excluding hydrogens is 324 g/mol. The summed E-state index contributed by atoms with van der Waals surface area (Å²) in [6, 6.07) is 12.9. The molecule has 2 aromatic carbocycles. The lowest BCUT2D eigenvalue weighted by Gasteiger charge is -2.01. The van der Waals surface area contributed by atoms with Crippen molar-refractivity contribution >= 4 is 17.3 Å². The SMILES string of the molecule is Cc1[nH]n(-c2ccccc2)c(=O)c1N=Nc1c(O)cccc1C(=O)O. The van der Waals surface area contributed by atoms with Crippen LogP contribution in [0.5, 0.6) is 5.75 Å². The van der Waals surface area contributed by atoms with Crippen molar-refractivity contribution in [3.63, 3.8) is 0 Å². The first kappa shape index (κ1) is 16.2. The minimum Gasteiger partial charge on any atom is -0.506 e. The third-order valence-electron chi connectivity index (χ3n) is 3.55. The van der Waals surface area contributed by atoms with E-state index in [4.69, 9.17) is 5.11 Å². The maximum Gasteiger partial charge on any atom is 0.338 e. The fourth-order valence-electron chi connectivity index (χ4n) is 2.32. The highest BCUT2D eigenvalue weighted by molar-refractivity contribution is 5.94. The van der Waals surface area contributed by atoms with Crippen molar-refractivity contribution in [1.29, 1.82) is 0 Å². The number of aromatic amines is 1. The van der Waals surface area contributed by atoms with E-state index in [0.717, 1.165) is 0 Å². The Balaban J connectivity index is 2.06. The number of phenolic OH excluding ortho intramolecular Hbond substituents is 1. The lowest BCUT2D eigenvalue weighted by molar-refractivity contribution is 0.0697. The van der Waals surface area contributed by atoms with Crippen LogP contribution in [0.15, 0.2) is 63.6 Å². The van der Waals surface area contributed by atoms with Crippen molar-refractivity contribution in [3.05, 3.63) is 70.1 Å². The van der Waals surface area contributed by atoms with Crippen LogP contribution in [0.4, 0.5) is 11.4 Å². The fraction of sp³-hybridized carbons (Fsp3) is 0.0588. The van der Waals surface area contributed by atoms with Crippen LogP contribution in [0.25, 0.3) is 5.69 Å². The maximum absolute atomic E-state index is 12.5.